The van der Waals surface area contributed by atoms with Crippen LogP contribution in [0.2, 0.25) is 5.02 Å². The van der Waals surface area contributed by atoms with E-state index in [2.05, 4.69) is 26.2 Å². The van der Waals surface area contributed by atoms with Gasteiger partial charge in [-0.3, -0.25) is 10.1 Å². The number of thiazole rings is 1. The summed E-state index contributed by atoms with van der Waals surface area (Å²) in [6.07, 6.45) is -0.646. The van der Waals surface area contributed by atoms with Gasteiger partial charge >= 0.3 is 0 Å². The molecule has 0 bridgehead atoms. The third-order valence-electron chi connectivity index (χ3n) is 3.62. The molecule has 1 heterocycles. The molecule has 1 N–H and O–H groups in total. The smallest absolute Gasteiger partial charge is 0.266 e. The number of hydrogen-bond acceptors (Lipinski definition) is 4. The maximum atomic E-state index is 12.4. The molecular weight excluding hydrogens is 436 g/mol. The molecule has 0 radical (unpaired) electrons. The fourth-order valence-electron chi connectivity index (χ4n) is 2.33. The standard InChI is InChI=1S/C19H16BrClN2O2S/c1-11(25-16-5-3-4-14(20)10-16)18(24)23-19-22-17(12(2)26-19)13-6-8-15(21)9-7-13/h3-11H,1-2H3,(H,22,23,24). The normalized spacial score (nSPS) is 11.8. The minimum absolute atomic E-state index is 0.249. The number of aryl methyl sites for hydroxylation is 1. The lowest BCUT2D eigenvalue weighted by molar-refractivity contribution is -0.122. The molecule has 1 aromatic heterocycles. The molecule has 7 heteroatoms. The number of ether oxygens (including phenoxy) is 1. The summed E-state index contributed by atoms with van der Waals surface area (Å²) in [5, 5.41) is 4.04. The molecule has 3 aromatic rings. The third-order valence-corrected chi connectivity index (χ3v) is 5.25. The van der Waals surface area contributed by atoms with E-state index in [0.717, 1.165) is 20.6 Å². The molecule has 26 heavy (non-hydrogen) atoms. The van der Waals surface area contributed by atoms with Crippen LogP contribution >= 0.6 is 38.9 Å². The molecule has 0 saturated heterocycles. The molecule has 2 aromatic carbocycles. The molecule has 3 rings (SSSR count). The Balaban J connectivity index is 1.69. The first-order valence-corrected chi connectivity index (χ1v) is 9.87. The van der Waals surface area contributed by atoms with Gasteiger partial charge in [0.05, 0.1) is 5.69 Å². The number of hydrogen-bond donors (Lipinski definition) is 1. The van der Waals surface area contributed by atoms with Gasteiger partial charge in [0.15, 0.2) is 11.2 Å². The monoisotopic (exact) mass is 450 g/mol. The molecule has 134 valence electrons. The Morgan fingerprint density at radius 3 is 2.69 bits per heavy atom. The van der Waals surface area contributed by atoms with Gasteiger partial charge in [0.2, 0.25) is 0 Å². The van der Waals surface area contributed by atoms with Crippen molar-refractivity contribution in [1.29, 1.82) is 0 Å². The van der Waals surface area contributed by atoms with Crippen LogP contribution in [0.5, 0.6) is 5.75 Å². The van der Waals surface area contributed by atoms with Crippen LogP contribution < -0.4 is 10.1 Å². The molecule has 0 aliphatic heterocycles. The quantitative estimate of drug-likeness (QED) is 0.522. The number of carbonyl (C=O) groups excluding carboxylic acids is 1. The van der Waals surface area contributed by atoms with E-state index in [0.29, 0.717) is 15.9 Å². The highest BCUT2D eigenvalue weighted by atomic mass is 79.9. The largest absolute Gasteiger partial charge is 0.481 e. The van der Waals surface area contributed by atoms with E-state index < -0.39 is 6.10 Å². The van der Waals surface area contributed by atoms with Crippen molar-refractivity contribution in [3.8, 4) is 17.0 Å². The number of carbonyl (C=O) groups is 1. The highest BCUT2D eigenvalue weighted by Gasteiger charge is 2.18. The van der Waals surface area contributed by atoms with E-state index in [1.807, 2.05) is 49.4 Å². The van der Waals surface area contributed by atoms with Crippen molar-refractivity contribution in [2.24, 2.45) is 0 Å². The minimum atomic E-state index is -0.646. The van der Waals surface area contributed by atoms with Crippen molar-refractivity contribution in [2.75, 3.05) is 5.32 Å². The number of halogens is 2. The Hall–Kier alpha value is -1.89. The Kier molecular flexibility index (Phi) is 5.96. The first kappa shape index (κ1) is 18.9. The Morgan fingerprint density at radius 2 is 2.00 bits per heavy atom. The van der Waals surface area contributed by atoms with Crippen LogP contribution in [0.3, 0.4) is 0 Å². The van der Waals surface area contributed by atoms with Crippen molar-refractivity contribution in [1.82, 2.24) is 4.98 Å². The number of aromatic nitrogens is 1. The lowest BCUT2D eigenvalue weighted by Gasteiger charge is -2.13. The van der Waals surface area contributed by atoms with Crippen LogP contribution in [0.1, 0.15) is 11.8 Å². The van der Waals surface area contributed by atoms with Crippen LogP contribution in [0.25, 0.3) is 11.3 Å². The van der Waals surface area contributed by atoms with Crippen molar-refractivity contribution in [3.05, 3.63) is 62.9 Å². The van der Waals surface area contributed by atoms with E-state index in [1.54, 1.807) is 13.0 Å². The summed E-state index contributed by atoms with van der Waals surface area (Å²) in [6, 6.07) is 14.8. The third kappa shape index (κ3) is 4.63. The Morgan fingerprint density at radius 1 is 1.27 bits per heavy atom. The summed E-state index contributed by atoms with van der Waals surface area (Å²) in [5.74, 6) is 0.376. The molecule has 0 saturated carbocycles. The molecule has 0 aliphatic rings. The zero-order valence-electron chi connectivity index (χ0n) is 14.1. The molecule has 1 unspecified atom stereocenters. The van der Waals surface area contributed by atoms with Crippen LogP contribution in [0.4, 0.5) is 5.13 Å². The lowest BCUT2D eigenvalue weighted by Crippen LogP contribution is -2.30. The Bertz CT molecular complexity index is 928. The van der Waals surface area contributed by atoms with Crippen molar-refractivity contribution >= 4 is 49.9 Å². The number of rotatable bonds is 5. The van der Waals surface area contributed by atoms with Crippen LogP contribution in [-0.2, 0) is 4.79 Å². The average molecular weight is 452 g/mol. The lowest BCUT2D eigenvalue weighted by atomic mass is 10.1. The summed E-state index contributed by atoms with van der Waals surface area (Å²) in [4.78, 5) is 18.0. The molecule has 0 spiro atoms. The van der Waals surface area contributed by atoms with E-state index in [4.69, 9.17) is 16.3 Å². The summed E-state index contributed by atoms with van der Waals surface area (Å²) >= 11 is 10.7. The van der Waals surface area contributed by atoms with Gasteiger partial charge < -0.3 is 4.74 Å². The Labute approximate surface area is 169 Å². The first-order chi connectivity index (χ1) is 12.4. The summed E-state index contributed by atoms with van der Waals surface area (Å²) in [5.41, 5.74) is 1.80. The molecule has 1 atom stereocenters. The van der Waals surface area contributed by atoms with Gasteiger partial charge in [-0.2, -0.15) is 0 Å². The number of nitrogens with one attached hydrogen (secondary N) is 1. The highest BCUT2D eigenvalue weighted by Crippen LogP contribution is 2.31. The predicted molar refractivity (Wildman–Crippen MR) is 110 cm³/mol. The van der Waals surface area contributed by atoms with Gasteiger partial charge in [-0.25, -0.2) is 4.98 Å². The predicted octanol–water partition coefficient (Wildman–Crippen LogP) is 5.94. The fourth-order valence-corrected chi connectivity index (χ4v) is 3.67. The number of amides is 1. The maximum absolute atomic E-state index is 12.4. The second-order valence-electron chi connectivity index (χ2n) is 5.64. The van der Waals surface area contributed by atoms with Gasteiger partial charge in [-0.15, -0.1) is 11.3 Å². The molecular formula is C19H16BrClN2O2S. The highest BCUT2D eigenvalue weighted by molar-refractivity contribution is 9.10. The first-order valence-electron chi connectivity index (χ1n) is 7.89. The zero-order valence-corrected chi connectivity index (χ0v) is 17.3. The van der Waals surface area contributed by atoms with Crippen molar-refractivity contribution in [3.63, 3.8) is 0 Å². The molecule has 0 fully saturated rings. The number of anilines is 1. The van der Waals surface area contributed by atoms with E-state index in [-0.39, 0.29) is 5.91 Å². The van der Waals surface area contributed by atoms with Gasteiger partial charge in [0.25, 0.3) is 5.91 Å². The summed E-state index contributed by atoms with van der Waals surface area (Å²) < 4.78 is 6.58. The van der Waals surface area contributed by atoms with Crippen LogP contribution in [0, 0.1) is 6.92 Å². The van der Waals surface area contributed by atoms with Crippen molar-refractivity contribution < 1.29 is 9.53 Å². The summed E-state index contributed by atoms with van der Waals surface area (Å²) in [7, 11) is 0. The summed E-state index contributed by atoms with van der Waals surface area (Å²) in [6.45, 7) is 3.68. The van der Waals surface area contributed by atoms with Crippen molar-refractivity contribution in [2.45, 2.75) is 20.0 Å². The topological polar surface area (TPSA) is 51.2 Å². The zero-order chi connectivity index (χ0) is 18.7. The second-order valence-corrected chi connectivity index (χ2v) is 8.19. The van der Waals surface area contributed by atoms with Crippen LogP contribution in [-0.4, -0.2) is 17.0 Å². The maximum Gasteiger partial charge on any atom is 0.266 e. The average Bonchev–Trinajstić information content (AvgIpc) is 2.96. The van der Waals surface area contributed by atoms with E-state index in [1.165, 1.54) is 11.3 Å². The van der Waals surface area contributed by atoms with Gasteiger partial charge in [0, 0.05) is 19.9 Å². The minimum Gasteiger partial charge on any atom is -0.481 e. The van der Waals surface area contributed by atoms with E-state index in [9.17, 15) is 4.79 Å². The van der Waals surface area contributed by atoms with Gasteiger partial charge in [0.1, 0.15) is 5.75 Å². The van der Waals surface area contributed by atoms with Gasteiger partial charge in [-0.05, 0) is 44.2 Å². The van der Waals surface area contributed by atoms with Gasteiger partial charge in [-0.1, -0.05) is 45.7 Å². The fraction of sp³-hybridized carbons (Fsp3) is 0.158. The molecule has 1 amide bonds. The van der Waals surface area contributed by atoms with Crippen LogP contribution in [0.15, 0.2) is 53.0 Å². The number of nitrogens with zero attached hydrogens (tertiary/aromatic N) is 1. The van der Waals surface area contributed by atoms with E-state index >= 15 is 0 Å². The SMILES string of the molecule is Cc1sc(NC(=O)C(C)Oc2cccc(Br)c2)nc1-c1ccc(Cl)cc1. The number of benzene rings is 2. The molecule has 4 nitrogen and oxygen atoms in total. The molecule has 0 aliphatic carbocycles. The second kappa shape index (κ2) is 8.20.